The number of nitrogens with zero attached hydrogens (tertiary/aromatic N) is 3. The molecule has 3 rings (SSSR count). The van der Waals surface area contributed by atoms with Gasteiger partial charge >= 0.3 is 6.18 Å². The second-order valence-electron chi connectivity index (χ2n) is 5.57. The van der Waals surface area contributed by atoms with Crippen LogP contribution < -0.4 is 4.90 Å². The van der Waals surface area contributed by atoms with E-state index in [1.165, 1.54) is 6.20 Å². The van der Waals surface area contributed by atoms with Crippen LogP contribution in [0.2, 0.25) is 0 Å². The largest absolute Gasteiger partial charge is 0.416 e. The number of rotatable bonds is 2. The highest BCUT2D eigenvalue weighted by Crippen LogP contribution is 2.35. The van der Waals surface area contributed by atoms with Crippen molar-refractivity contribution in [2.45, 2.75) is 31.2 Å². The highest BCUT2D eigenvalue weighted by Gasteiger charge is 2.47. The van der Waals surface area contributed by atoms with Crippen molar-refractivity contribution in [3.05, 3.63) is 36.2 Å². The van der Waals surface area contributed by atoms with E-state index >= 15 is 0 Å². The Morgan fingerprint density at radius 3 is 2.83 bits per heavy atom. The molecule has 0 bridgehead atoms. The fraction of sp³-hybridized carbons (Fsp3) is 0.375. The molecule has 1 unspecified atom stereocenters. The summed E-state index contributed by atoms with van der Waals surface area (Å²) in [4.78, 5) is 5.55. The molecule has 7 heteroatoms. The van der Waals surface area contributed by atoms with Gasteiger partial charge in [0.15, 0.2) is 6.10 Å². The molecule has 0 amide bonds. The third-order valence-corrected chi connectivity index (χ3v) is 4.18. The van der Waals surface area contributed by atoms with E-state index in [1.54, 1.807) is 29.2 Å². The van der Waals surface area contributed by atoms with Crippen molar-refractivity contribution in [3.8, 4) is 6.07 Å². The fourth-order valence-corrected chi connectivity index (χ4v) is 3.09. The van der Waals surface area contributed by atoms with Gasteiger partial charge in [-0.1, -0.05) is 0 Å². The van der Waals surface area contributed by atoms with Crippen molar-refractivity contribution in [1.82, 2.24) is 4.98 Å². The zero-order chi connectivity index (χ0) is 16.6. The number of alkyl halides is 3. The zero-order valence-corrected chi connectivity index (χ0v) is 12.1. The van der Waals surface area contributed by atoms with Gasteiger partial charge in [0.1, 0.15) is 11.8 Å². The lowest BCUT2D eigenvalue weighted by molar-refractivity contribution is -0.209. The molecule has 2 heterocycles. The molecule has 0 saturated carbocycles. The molecule has 2 atom stereocenters. The molecule has 1 aliphatic rings. The van der Waals surface area contributed by atoms with E-state index in [1.807, 2.05) is 6.07 Å². The number of hydrogen-bond acceptors (Lipinski definition) is 4. The van der Waals surface area contributed by atoms with Gasteiger partial charge in [-0.3, -0.25) is 0 Å². The Balaban J connectivity index is 1.98. The zero-order valence-electron chi connectivity index (χ0n) is 12.1. The second kappa shape index (κ2) is 5.70. The molecule has 1 aromatic carbocycles. The number of aliphatic hydroxyl groups is 1. The number of aliphatic hydroxyl groups excluding tert-OH is 1. The summed E-state index contributed by atoms with van der Waals surface area (Å²) >= 11 is 0. The Kier molecular flexibility index (Phi) is 3.86. The first-order valence-corrected chi connectivity index (χ1v) is 7.22. The summed E-state index contributed by atoms with van der Waals surface area (Å²) in [5, 5.41) is 20.0. The van der Waals surface area contributed by atoms with E-state index < -0.39 is 18.3 Å². The van der Waals surface area contributed by atoms with Gasteiger partial charge in [-0.25, -0.2) is 4.98 Å². The number of aromatic nitrogens is 1. The van der Waals surface area contributed by atoms with Crippen molar-refractivity contribution < 1.29 is 18.3 Å². The first-order valence-electron chi connectivity index (χ1n) is 7.22. The van der Waals surface area contributed by atoms with Crippen molar-refractivity contribution >= 4 is 16.5 Å². The second-order valence-corrected chi connectivity index (χ2v) is 5.57. The molecule has 1 aromatic heterocycles. The molecule has 1 N–H and O–H groups in total. The molecule has 120 valence electrons. The number of hydrogen-bond donors (Lipinski definition) is 1. The molecule has 0 spiro atoms. The fourth-order valence-electron chi connectivity index (χ4n) is 3.09. The van der Waals surface area contributed by atoms with Crippen LogP contribution in [-0.2, 0) is 0 Å². The lowest BCUT2D eigenvalue weighted by atomic mass is 10.1. The molecular formula is C16H14F3N3O. The van der Waals surface area contributed by atoms with Crippen LogP contribution in [0.5, 0.6) is 0 Å². The molecule has 1 fully saturated rings. The first kappa shape index (κ1) is 15.6. The molecule has 4 nitrogen and oxygen atoms in total. The average molecular weight is 321 g/mol. The van der Waals surface area contributed by atoms with Crippen molar-refractivity contribution in [2.24, 2.45) is 0 Å². The predicted molar refractivity (Wildman–Crippen MR) is 78.9 cm³/mol. The minimum absolute atomic E-state index is 0.280. The van der Waals surface area contributed by atoms with Gasteiger partial charge < -0.3 is 10.0 Å². The van der Waals surface area contributed by atoms with E-state index in [9.17, 15) is 18.3 Å². The Morgan fingerprint density at radius 1 is 1.35 bits per heavy atom. The number of pyridine rings is 1. The summed E-state index contributed by atoms with van der Waals surface area (Å²) in [6, 6.07) is 7.82. The Bertz CT molecular complexity index is 769. The highest BCUT2D eigenvalue weighted by molar-refractivity contribution is 5.89. The lowest BCUT2D eigenvalue weighted by Gasteiger charge is -2.31. The summed E-state index contributed by atoms with van der Waals surface area (Å²) in [6.45, 7) is 0.458. The lowest BCUT2D eigenvalue weighted by Crippen LogP contribution is -2.47. The SMILES string of the molecule is N#Cc1nccc2cc(N3CCC[C@@H]3C(O)C(F)(F)F)ccc12. The third kappa shape index (κ3) is 2.82. The molecule has 0 aliphatic carbocycles. The monoisotopic (exact) mass is 321 g/mol. The molecule has 2 aromatic rings. The Hall–Kier alpha value is -2.33. The van der Waals surface area contributed by atoms with E-state index in [2.05, 4.69) is 4.98 Å². The van der Waals surface area contributed by atoms with Crippen LogP contribution in [0, 0.1) is 11.3 Å². The van der Waals surface area contributed by atoms with Crippen LogP contribution in [-0.4, -0.2) is 35.0 Å². The van der Waals surface area contributed by atoms with Crippen LogP contribution in [0.1, 0.15) is 18.5 Å². The normalized spacial score (nSPS) is 19.8. The standard InChI is InChI=1S/C16H14F3N3O/c17-16(18,19)15(23)14-2-1-7-22(14)11-3-4-12-10(8-11)5-6-21-13(12)9-20/h3-6,8,14-15,23H,1-2,7H2/t14-,15?/m1/s1. The quantitative estimate of drug-likeness (QED) is 0.924. The summed E-state index contributed by atoms with van der Waals surface area (Å²) in [7, 11) is 0. The maximum absolute atomic E-state index is 12.8. The van der Waals surface area contributed by atoms with Gasteiger partial charge in [-0.05, 0) is 42.5 Å². The predicted octanol–water partition coefficient (Wildman–Crippen LogP) is 3.00. The van der Waals surface area contributed by atoms with Crippen LogP contribution in [0.3, 0.4) is 0 Å². The van der Waals surface area contributed by atoms with Crippen LogP contribution in [0.4, 0.5) is 18.9 Å². The average Bonchev–Trinajstić information content (AvgIpc) is 3.01. The summed E-state index contributed by atoms with van der Waals surface area (Å²) in [5.74, 6) is 0. The summed E-state index contributed by atoms with van der Waals surface area (Å²) < 4.78 is 38.5. The number of anilines is 1. The van der Waals surface area contributed by atoms with Gasteiger partial charge in [0.05, 0.1) is 6.04 Å². The van der Waals surface area contributed by atoms with Gasteiger partial charge in [0.2, 0.25) is 0 Å². The van der Waals surface area contributed by atoms with E-state index in [0.29, 0.717) is 30.5 Å². The molecule has 23 heavy (non-hydrogen) atoms. The van der Waals surface area contributed by atoms with Crippen molar-refractivity contribution in [2.75, 3.05) is 11.4 Å². The van der Waals surface area contributed by atoms with Crippen LogP contribution in [0.15, 0.2) is 30.5 Å². The van der Waals surface area contributed by atoms with Crippen LogP contribution >= 0.6 is 0 Å². The number of fused-ring (bicyclic) bond motifs is 1. The van der Waals surface area contributed by atoms with Gasteiger partial charge in [-0.15, -0.1) is 0 Å². The minimum atomic E-state index is -4.64. The Labute approximate surface area is 130 Å². The topological polar surface area (TPSA) is 60.2 Å². The minimum Gasteiger partial charge on any atom is -0.382 e. The third-order valence-electron chi connectivity index (χ3n) is 4.18. The molecular weight excluding hydrogens is 307 g/mol. The Morgan fingerprint density at radius 2 is 2.13 bits per heavy atom. The summed E-state index contributed by atoms with van der Waals surface area (Å²) in [6.07, 6.45) is -4.62. The van der Waals surface area contributed by atoms with Gasteiger partial charge in [0.25, 0.3) is 0 Å². The molecule has 1 saturated heterocycles. The maximum atomic E-state index is 12.8. The van der Waals surface area contributed by atoms with E-state index in [0.717, 1.165) is 5.39 Å². The number of halogens is 3. The first-order chi connectivity index (χ1) is 10.9. The van der Waals surface area contributed by atoms with E-state index in [4.69, 9.17) is 5.26 Å². The van der Waals surface area contributed by atoms with Crippen molar-refractivity contribution in [1.29, 1.82) is 5.26 Å². The van der Waals surface area contributed by atoms with Crippen molar-refractivity contribution in [3.63, 3.8) is 0 Å². The highest BCUT2D eigenvalue weighted by atomic mass is 19.4. The number of nitriles is 1. The van der Waals surface area contributed by atoms with Crippen LogP contribution in [0.25, 0.3) is 10.8 Å². The molecule has 0 radical (unpaired) electrons. The smallest absolute Gasteiger partial charge is 0.382 e. The van der Waals surface area contributed by atoms with Gasteiger partial charge in [0, 0.05) is 23.8 Å². The van der Waals surface area contributed by atoms with E-state index in [-0.39, 0.29) is 5.69 Å². The molecule has 1 aliphatic heterocycles. The maximum Gasteiger partial charge on any atom is 0.416 e. The van der Waals surface area contributed by atoms with Gasteiger partial charge in [-0.2, -0.15) is 18.4 Å². The summed E-state index contributed by atoms with van der Waals surface area (Å²) in [5.41, 5.74) is 0.890. The number of benzene rings is 1.